The number of rotatable bonds is 68. The highest BCUT2D eigenvalue weighted by Gasteiger charge is 2.30. The number of hydrogen-bond acceptors (Lipinski definition) is 15. The molecule has 0 saturated carbocycles. The Labute approximate surface area is 530 Å². The largest absolute Gasteiger partial charge is 0.472 e. The quantitative estimate of drug-likeness (QED) is 0.0222. The summed E-state index contributed by atoms with van der Waals surface area (Å²) in [6.45, 7) is 7.13. The third-order valence-electron chi connectivity index (χ3n) is 15.8. The monoisotopic (exact) mass is 1280 g/mol. The normalized spacial score (nSPS) is 14.1. The standard InChI is InChI=1S/C68H132O17P2/c1-6-9-12-15-18-20-22-24-26-27-29-31-33-38-43-48-53-67(72)84-64(58-79-66(71)52-47-42-37-32-30-28-25-23-21-19-16-13-10-7-2)60-83-87(76,77)81-56-62(69)55-80-86(74,75)82-59-63(57-78-65(70)51-46-41-35-17-14-11-8-3)85-68(73)54-49-44-39-34-36-40-45-50-61(4)5/h61-64,69H,6-60H2,1-5H3,(H,74,75)(H,76,77)/t62-,63+,64+/m0/s1. The van der Waals surface area contributed by atoms with Crippen LogP contribution in [0.15, 0.2) is 0 Å². The summed E-state index contributed by atoms with van der Waals surface area (Å²) in [6, 6.07) is 0. The van der Waals surface area contributed by atoms with Gasteiger partial charge >= 0.3 is 39.5 Å². The van der Waals surface area contributed by atoms with Crippen molar-refractivity contribution in [2.75, 3.05) is 39.6 Å². The van der Waals surface area contributed by atoms with E-state index in [0.717, 1.165) is 103 Å². The summed E-state index contributed by atoms with van der Waals surface area (Å²) in [5.41, 5.74) is 0. The number of phosphoric ester groups is 2. The molecule has 0 amide bonds. The van der Waals surface area contributed by atoms with Crippen molar-refractivity contribution in [2.24, 2.45) is 5.92 Å². The van der Waals surface area contributed by atoms with Gasteiger partial charge in [0, 0.05) is 25.7 Å². The number of ether oxygens (including phenoxy) is 4. The first kappa shape index (κ1) is 85.1. The zero-order valence-corrected chi connectivity index (χ0v) is 57.9. The highest BCUT2D eigenvalue weighted by atomic mass is 31.2. The molecule has 17 nitrogen and oxygen atoms in total. The average molecular weight is 1280 g/mol. The lowest BCUT2D eigenvalue weighted by molar-refractivity contribution is -0.161. The molecule has 0 bridgehead atoms. The number of aliphatic hydroxyl groups is 1. The van der Waals surface area contributed by atoms with Crippen LogP contribution in [0.1, 0.15) is 349 Å². The van der Waals surface area contributed by atoms with Crippen LogP contribution in [-0.4, -0.2) is 96.7 Å². The van der Waals surface area contributed by atoms with Gasteiger partial charge < -0.3 is 33.8 Å². The van der Waals surface area contributed by atoms with Crippen molar-refractivity contribution in [2.45, 2.75) is 368 Å². The molecule has 0 aromatic carbocycles. The first-order chi connectivity index (χ1) is 42.0. The van der Waals surface area contributed by atoms with Crippen molar-refractivity contribution < 1.29 is 80.2 Å². The lowest BCUT2D eigenvalue weighted by Crippen LogP contribution is -2.30. The smallest absolute Gasteiger partial charge is 0.462 e. The molecule has 0 fully saturated rings. The van der Waals surface area contributed by atoms with Crippen LogP contribution in [0.5, 0.6) is 0 Å². The molecule has 0 rings (SSSR count). The van der Waals surface area contributed by atoms with E-state index >= 15 is 0 Å². The van der Waals surface area contributed by atoms with Crippen LogP contribution in [0, 0.1) is 5.92 Å². The first-order valence-electron chi connectivity index (χ1n) is 35.6. The summed E-state index contributed by atoms with van der Waals surface area (Å²) in [7, 11) is -9.89. The molecule has 3 N–H and O–H groups in total. The van der Waals surface area contributed by atoms with Gasteiger partial charge in [-0.3, -0.25) is 37.3 Å². The molecule has 2 unspecified atom stereocenters. The molecular formula is C68H132O17P2. The third-order valence-corrected chi connectivity index (χ3v) is 17.7. The van der Waals surface area contributed by atoms with Crippen molar-refractivity contribution in [3.63, 3.8) is 0 Å². The Morgan fingerprint density at radius 3 is 0.782 bits per heavy atom. The van der Waals surface area contributed by atoms with Gasteiger partial charge in [0.1, 0.15) is 19.3 Å². The van der Waals surface area contributed by atoms with Crippen LogP contribution in [-0.2, 0) is 65.4 Å². The van der Waals surface area contributed by atoms with E-state index in [-0.39, 0.29) is 25.7 Å². The van der Waals surface area contributed by atoms with Gasteiger partial charge in [-0.2, -0.15) is 0 Å². The minimum atomic E-state index is -4.95. The summed E-state index contributed by atoms with van der Waals surface area (Å²) in [5, 5.41) is 10.6. The van der Waals surface area contributed by atoms with E-state index in [1.165, 1.54) is 161 Å². The molecule has 0 aliphatic heterocycles. The van der Waals surface area contributed by atoms with Crippen molar-refractivity contribution in [1.29, 1.82) is 0 Å². The Morgan fingerprint density at radius 1 is 0.310 bits per heavy atom. The number of carbonyl (C=O) groups excluding carboxylic acids is 4. The number of aliphatic hydroxyl groups excluding tert-OH is 1. The third kappa shape index (κ3) is 62.6. The lowest BCUT2D eigenvalue weighted by Gasteiger charge is -2.21. The van der Waals surface area contributed by atoms with E-state index in [9.17, 15) is 43.2 Å². The number of carbonyl (C=O) groups is 4. The van der Waals surface area contributed by atoms with Crippen molar-refractivity contribution >= 4 is 39.5 Å². The number of hydrogen-bond donors (Lipinski definition) is 3. The molecule has 0 aliphatic rings. The fraction of sp³-hybridized carbons (Fsp3) is 0.941. The summed E-state index contributed by atoms with van der Waals surface area (Å²) in [5.74, 6) is -1.43. The molecule has 5 atom stereocenters. The highest BCUT2D eigenvalue weighted by Crippen LogP contribution is 2.45. The number of esters is 4. The maximum Gasteiger partial charge on any atom is 0.472 e. The van der Waals surface area contributed by atoms with Crippen LogP contribution >= 0.6 is 15.6 Å². The Hall–Kier alpha value is -1.94. The zero-order valence-electron chi connectivity index (χ0n) is 56.2. The van der Waals surface area contributed by atoms with Crippen molar-refractivity contribution in [3.8, 4) is 0 Å². The molecule has 19 heteroatoms. The Bertz CT molecular complexity index is 1690. The molecule has 87 heavy (non-hydrogen) atoms. The maximum atomic E-state index is 13.0. The minimum absolute atomic E-state index is 0.103. The van der Waals surface area contributed by atoms with Crippen LogP contribution in [0.25, 0.3) is 0 Å². The molecule has 0 saturated heterocycles. The lowest BCUT2D eigenvalue weighted by atomic mass is 10.0. The van der Waals surface area contributed by atoms with Crippen molar-refractivity contribution in [3.05, 3.63) is 0 Å². The Kier molecular flexibility index (Phi) is 60.2. The van der Waals surface area contributed by atoms with Gasteiger partial charge in [0.05, 0.1) is 26.4 Å². The second-order valence-corrected chi connectivity index (χ2v) is 27.9. The van der Waals surface area contributed by atoms with Gasteiger partial charge in [-0.05, 0) is 31.6 Å². The van der Waals surface area contributed by atoms with E-state index in [4.69, 9.17) is 37.0 Å². The predicted octanol–water partition coefficient (Wildman–Crippen LogP) is 19.4. The molecule has 0 aromatic rings. The molecule has 0 radical (unpaired) electrons. The van der Waals surface area contributed by atoms with Crippen LogP contribution < -0.4 is 0 Å². The Morgan fingerprint density at radius 2 is 0.529 bits per heavy atom. The SMILES string of the molecule is CCCCCCCCCCCCCCCCCCC(=O)O[C@H](COC(=O)CCCCCCCCCCCCCCCC)COP(=O)(O)OC[C@@H](O)COP(=O)(O)OC[C@@H](COC(=O)CCCCCCCCC)OC(=O)CCCCCCCCCC(C)C. The van der Waals surface area contributed by atoms with E-state index in [1.807, 2.05) is 0 Å². The van der Waals surface area contributed by atoms with Gasteiger partial charge in [-0.15, -0.1) is 0 Å². The van der Waals surface area contributed by atoms with E-state index in [0.29, 0.717) is 31.6 Å². The van der Waals surface area contributed by atoms with Crippen molar-refractivity contribution in [1.82, 2.24) is 0 Å². The first-order valence-corrected chi connectivity index (χ1v) is 38.6. The van der Waals surface area contributed by atoms with Crippen LogP contribution in [0.3, 0.4) is 0 Å². The maximum absolute atomic E-state index is 13.0. The fourth-order valence-corrected chi connectivity index (χ4v) is 11.9. The number of unbranched alkanes of at least 4 members (excludes halogenated alkanes) is 40. The topological polar surface area (TPSA) is 237 Å². The second-order valence-electron chi connectivity index (χ2n) is 25.0. The molecular weight excluding hydrogens is 1150 g/mol. The number of phosphoric acid groups is 2. The molecule has 0 aromatic heterocycles. The van der Waals surface area contributed by atoms with Crippen LogP contribution in [0.2, 0.25) is 0 Å². The summed E-state index contributed by atoms with van der Waals surface area (Å²) in [6.07, 6.45) is 47.4. The van der Waals surface area contributed by atoms with Gasteiger partial charge in [-0.25, -0.2) is 9.13 Å². The van der Waals surface area contributed by atoms with E-state index in [1.54, 1.807) is 0 Å². The van der Waals surface area contributed by atoms with Gasteiger partial charge in [0.15, 0.2) is 12.2 Å². The van der Waals surface area contributed by atoms with E-state index in [2.05, 4.69) is 34.6 Å². The van der Waals surface area contributed by atoms with Gasteiger partial charge in [-0.1, -0.05) is 298 Å². The molecule has 0 aliphatic carbocycles. The molecule has 0 spiro atoms. The van der Waals surface area contributed by atoms with Gasteiger partial charge in [0.2, 0.25) is 0 Å². The zero-order chi connectivity index (χ0) is 64.2. The van der Waals surface area contributed by atoms with Gasteiger partial charge in [0.25, 0.3) is 0 Å². The summed E-state index contributed by atoms with van der Waals surface area (Å²) in [4.78, 5) is 72.3. The molecule has 516 valence electrons. The molecule has 0 heterocycles. The minimum Gasteiger partial charge on any atom is -0.462 e. The van der Waals surface area contributed by atoms with Crippen LogP contribution in [0.4, 0.5) is 0 Å². The predicted molar refractivity (Wildman–Crippen MR) is 349 cm³/mol. The van der Waals surface area contributed by atoms with E-state index < -0.39 is 97.5 Å². The summed E-state index contributed by atoms with van der Waals surface area (Å²) >= 11 is 0. The average Bonchev–Trinajstić information content (AvgIpc) is 3.66. The fourth-order valence-electron chi connectivity index (χ4n) is 10.3. The highest BCUT2D eigenvalue weighted by molar-refractivity contribution is 7.47. The summed E-state index contributed by atoms with van der Waals surface area (Å²) < 4.78 is 68.1. The second kappa shape index (κ2) is 61.6. The Balaban J connectivity index is 5.20.